The molecule has 4 heteroatoms. The summed E-state index contributed by atoms with van der Waals surface area (Å²) in [6.07, 6.45) is 0.710. The Labute approximate surface area is 92.8 Å². The van der Waals surface area contributed by atoms with Crippen molar-refractivity contribution in [2.45, 2.75) is 33.2 Å². The molecule has 0 spiro atoms. The highest BCUT2D eigenvalue weighted by Gasteiger charge is 2.21. The SMILES string of the molecule is CNCC(C)(C)COCC(C)(C)NC=O. The fourth-order valence-electron chi connectivity index (χ4n) is 1.31. The third-order valence-electron chi connectivity index (χ3n) is 2.06. The number of nitrogens with one attached hydrogen (secondary N) is 2. The average Bonchev–Trinajstić information content (AvgIpc) is 2.02. The molecule has 0 saturated carbocycles. The molecule has 0 bridgehead atoms. The summed E-state index contributed by atoms with van der Waals surface area (Å²) in [5, 5.41) is 5.85. The van der Waals surface area contributed by atoms with Gasteiger partial charge in [-0.25, -0.2) is 0 Å². The molecule has 0 radical (unpaired) electrons. The van der Waals surface area contributed by atoms with Crippen LogP contribution in [0.15, 0.2) is 0 Å². The molecule has 90 valence electrons. The molecule has 0 atom stereocenters. The Hall–Kier alpha value is -0.610. The van der Waals surface area contributed by atoms with Gasteiger partial charge in [-0.15, -0.1) is 0 Å². The lowest BCUT2D eigenvalue weighted by Crippen LogP contribution is -2.44. The summed E-state index contributed by atoms with van der Waals surface area (Å²) in [7, 11) is 1.93. The highest BCUT2D eigenvalue weighted by molar-refractivity contribution is 5.47. The van der Waals surface area contributed by atoms with Crippen molar-refractivity contribution in [3.05, 3.63) is 0 Å². The van der Waals surface area contributed by atoms with Crippen LogP contribution in [0.1, 0.15) is 27.7 Å². The van der Waals surface area contributed by atoms with Crippen molar-refractivity contribution in [2.24, 2.45) is 5.41 Å². The Morgan fingerprint density at radius 3 is 2.27 bits per heavy atom. The van der Waals surface area contributed by atoms with Crippen molar-refractivity contribution < 1.29 is 9.53 Å². The molecule has 0 unspecified atom stereocenters. The molecule has 0 rings (SSSR count). The van der Waals surface area contributed by atoms with Crippen LogP contribution in [0, 0.1) is 5.41 Å². The molecular formula is C11H24N2O2. The zero-order chi connectivity index (χ0) is 11.9. The molecular weight excluding hydrogens is 192 g/mol. The number of hydrogen-bond donors (Lipinski definition) is 2. The summed E-state index contributed by atoms with van der Waals surface area (Å²) in [6, 6.07) is 0. The number of ether oxygens (including phenoxy) is 1. The van der Waals surface area contributed by atoms with Gasteiger partial charge < -0.3 is 15.4 Å². The standard InChI is InChI=1S/C11H24N2O2/c1-10(2,6-12-5)7-15-8-11(3,4)13-9-14/h9,12H,6-8H2,1-5H3,(H,13,14). The molecule has 0 aromatic carbocycles. The van der Waals surface area contributed by atoms with Crippen molar-refractivity contribution >= 4 is 6.41 Å². The van der Waals surface area contributed by atoms with Crippen LogP contribution in [-0.2, 0) is 9.53 Å². The topological polar surface area (TPSA) is 50.4 Å². The number of carbonyl (C=O) groups excluding carboxylic acids is 1. The lowest BCUT2D eigenvalue weighted by Gasteiger charge is -2.28. The Morgan fingerprint density at radius 2 is 1.80 bits per heavy atom. The highest BCUT2D eigenvalue weighted by Crippen LogP contribution is 2.14. The van der Waals surface area contributed by atoms with E-state index in [1.807, 2.05) is 20.9 Å². The third-order valence-corrected chi connectivity index (χ3v) is 2.06. The van der Waals surface area contributed by atoms with Crippen LogP contribution in [0.4, 0.5) is 0 Å². The van der Waals surface area contributed by atoms with Crippen LogP contribution in [0.3, 0.4) is 0 Å². The monoisotopic (exact) mass is 216 g/mol. The maximum atomic E-state index is 10.3. The van der Waals surface area contributed by atoms with Crippen molar-refractivity contribution in [2.75, 3.05) is 26.8 Å². The fourth-order valence-corrected chi connectivity index (χ4v) is 1.31. The largest absolute Gasteiger partial charge is 0.378 e. The number of rotatable bonds is 8. The molecule has 0 aliphatic heterocycles. The molecule has 0 aromatic heterocycles. The van der Waals surface area contributed by atoms with Gasteiger partial charge in [0.2, 0.25) is 6.41 Å². The van der Waals surface area contributed by atoms with E-state index in [2.05, 4.69) is 24.5 Å². The van der Waals surface area contributed by atoms with Gasteiger partial charge in [-0.3, -0.25) is 4.79 Å². The van der Waals surface area contributed by atoms with Crippen LogP contribution in [0.5, 0.6) is 0 Å². The van der Waals surface area contributed by atoms with Gasteiger partial charge in [0.1, 0.15) is 0 Å². The third kappa shape index (κ3) is 7.33. The molecule has 1 amide bonds. The van der Waals surface area contributed by atoms with E-state index in [9.17, 15) is 4.79 Å². The zero-order valence-electron chi connectivity index (χ0n) is 10.5. The van der Waals surface area contributed by atoms with Gasteiger partial charge in [-0.1, -0.05) is 13.8 Å². The van der Waals surface area contributed by atoms with Gasteiger partial charge in [0.05, 0.1) is 18.8 Å². The first-order valence-electron chi connectivity index (χ1n) is 5.27. The predicted molar refractivity (Wildman–Crippen MR) is 61.8 cm³/mol. The zero-order valence-corrected chi connectivity index (χ0v) is 10.5. The molecule has 15 heavy (non-hydrogen) atoms. The summed E-state index contributed by atoms with van der Waals surface area (Å²) in [4.78, 5) is 10.3. The molecule has 0 fully saturated rings. The molecule has 0 heterocycles. The maximum absolute atomic E-state index is 10.3. The first-order chi connectivity index (χ1) is 6.83. The van der Waals surface area contributed by atoms with Crippen LogP contribution >= 0.6 is 0 Å². The maximum Gasteiger partial charge on any atom is 0.207 e. The van der Waals surface area contributed by atoms with Gasteiger partial charge in [0.15, 0.2) is 0 Å². The van der Waals surface area contributed by atoms with Gasteiger partial charge >= 0.3 is 0 Å². The molecule has 0 aliphatic carbocycles. The smallest absolute Gasteiger partial charge is 0.207 e. The molecule has 4 nitrogen and oxygen atoms in total. The second-order valence-electron chi connectivity index (χ2n) is 5.33. The molecule has 0 aliphatic rings. The van der Waals surface area contributed by atoms with E-state index in [0.29, 0.717) is 19.6 Å². The van der Waals surface area contributed by atoms with E-state index >= 15 is 0 Å². The van der Waals surface area contributed by atoms with E-state index in [4.69, 9.17) is 4.74 Å². The Kier molecular flexibility index (Phi) is 5.83. The van der Waals surface area contributed by atoms with Gasteiger partial charge in [0, 0.05) is 12.0 Å². The predicted octanol–water partition coefficient (Wildman–Crippen LogP) is 0.773. The van der Waals surface area contributed by atoms with E-state index in [1.54, 1.807) is 0 Å². The number of hydrogen-bond acceptors (Lipinski definition) is 3. The summed E-state index contributed by atoms with van der Waals surface area (Å²) < 4.78 is 5.61. The second-order valence-corrected chi connectivity index (χ2v) is 5.33. The van der Waals surface area contributed by atoms with Gasteiger partial charge in [-0.05, 0) is 20.9 Å². The lowest BCUT2D eigenvalue weighted by atomic mass is 9.95. The Morgan fingerprint density at radius 1 is 1.20 bits per heavy atom. The second kappa shape index (κ2) is 6.08. The Bertz CT molecular complexity index is 191. The Balaban J connectivity index is 3.82. The van der Waals surface area contributed by atoms with E-state index < -0.39 is 0 Å². The summed E-state index contributed by atoms with van der Waals surface area (Å²) in [5.41, 5.74) is -0.177. The highest BCUT2D eigenvalue weighted by atomic mass is 16.5. The molecule has 2 N–H and O–H groups in total. The molecule has 0 aromatic rings. The summed E-state index contributed by atoms with van der Waals surface area (Å²) >= 11 is 0. The lowest BCUT2D eigenvalue weighted by molar-refractivity contribution is -0.111. The first-order valence-corrected chi connectivity index (χ1v) is 5.27. The van der Waals surface area contributed by atoms with Crippen molar-refractivity contribution in [1.29, 1.82) is 0 Å². The van der Waals surface area contributed by atoms with Crippen LogP contribution in [-0.4, -0.2) is 38.8 Å². The normalized spacial score (nSPS) is 12.6. The van der Waals surface area contributed by atoms with Crippen LogP contribution < -0.4 is 10.6 Å². The van der Waals surface area contributed by atoms with E-state index in [0.717, 1.165) is 6.54 Å². The van der Waals surface area contributed by atoms with Crippen LogP contribution in [0.25, 0.3) is 0 Å². The van der Waals surface area contributed by atoms with Gasteiger partial charge in [-0.2, -0.15) is 0 Å². The average molecular weight is 216 g/mol. The minimum atomic E-state index is -0.294. The van der Waals surface area contributed by atoms with E-state index in [-0.39, 0.29) is 11.0 Å². The van der Waals surface area contributed by atoms with Crippen LogP contribution in [0.2, 0.25) is 0 Å². The van der Waals surface area contributed by atoms with Crippen molar-refractivity contribution in [1.82, 2.24) is 10.6 Å². The fraction of sp³-hybridized carbons (Fsp3) is 0.909. The first kappa shape index (κ1) is 14.4. The minimum Gasteiger partial charge on any atom is -0.378 e. The quantitative estimate of drug-likeness (QED) is 0.589. The number of amides is 1. The molecule has 0 saturated heterocycles. The van der Waals surface area contributed by atoms with E-state index in [1.165, 1.54) is 0 Å². The van der Waals surface area contributed by atoms with Crippen molar-refractivity contribution in [3.63, 3.8) is 0 Å². The summed E-state index contributed by atoms with van der Waals surface area (Å²) in [5.74, 6) is 0. The number of carbonyl (C=O) groups is 1. The minimum absolute atomic E-state index is 0.117. The van der Waals surface area contributed by atoms with Gasteiger partial charge in [0.25, 0.3) is 0 Å². The van der Waals surface area contributed by atoms with Crippen molar-refractivity contribution in [3.8, 4) is 0 Å². The summed E-state index contributed by atoms with van der Waals surface area (Å²) in [6.45, 7) is 10.3.